The quantitative estimate of drug-likeness (QED) is 0.534. The molecule has 0 spiro atoms. The van der Waals surface area contributed by atoms with E-state index in [1.165, 1.54) is 25.7 Å². The van der Waals surface area contributed by atoms with E-state index in [0.29, 0.717) is 19.3 Å². The lowest BCUT2D eigenvalue weighted by Crippen LogP contribution is -2.32. The van der Waals surface area contributed by atoms with Crippen molar-refractivity contribution in [1.29, 1.82) is 0 Å². The fourth-order valence-electron chi connectivity index (χ4n) is 2.21. The molecule has 0 amide bonds. The van der Waals surface area contributed by atoms with Gasteiger partial charge in [-0.05, 0) is 18.8 Å². The van der Waals surface area contributed by atoms with Crippen LogP contribution in [0.15, 0.2) is 0 Å². The van der Waals surface area contributed by atoms with Gasteiger partial charge in [0, 0.05) is 12.8 Å². The van der Waals surface area contributed by atoms with Crippen LogP contribution < -0.4 is 5.73 Å². The van der Waals surface area contributed by atoms with Crippen molar-refractivity contribution in [3.8, 4) is 0 Å². The number of carboxylic acids is 1. The maximum absolute atomic E-state index is 11.7. The first-order valence-corrected chi connectivity index (χ1v) is 7.47. The molecular weight excluding hydrogens is 242 g/mol. The summed E-state index contributed by atoms with van der Waals surface area (Å²) in [6, 6.07) is -0.850. The molecule has 0 aromatic heterocycles. The van der Waals surface area contributed by atoms with E-state index in [-0.39, 0.29) is 11.7 Å². The lowest BCUT2D eigenvalue weighted by atomic mass is 9.94. The lowest BCUT2D eigenvalue weighted by molar-refractivity contribution is -0.139. The Bertz CT molecular complexity index is 266. The van der Waals surface area contributed by atoms with Gasteiger partial charge in [-0.2, -0.15) is 0 Å². The normalized spacial score (nSPS) is 14.1. The smallest absolute Gasteiger partial charge is 0.320 e. The largest absolute Gasteiger partial charge is 0.480 e. The second kappa shape index (κ2) is 11.0. The molecule has 3 N–H and O–H groups in total. The van der Waals surface area contributed by atoms with Gasteiger partial charge in [-0.25, -0.2) is 0 Å². The van der Waals surface area contributed by atoms with Gasteiger partial charge < -0.3 is 10.8 Å². The highest BCUT2D eigenvalue weighted by Crippen LogP contribution is 2.14. The number of hydrogen-bond donors (Lipinski definition) is 2. The molecule has 0 saturated carbocycles. The molecule has 4 nitrogen and oxygen atoms in total. The number of aliphatic carboxylic acids is 1. The summed E-state index contributed by atoms with van der Waals surface area (Å²) >= 11 is 0. The van der Waals surface area contributed by atoms with E-state index in [2.05, 4.69) is 6.92 Å². The van der Waals surface area contributed by atoms with Crippen LogP contribution in [0.1, 0.15) is 71.6 Å². The maximum atomic E-state index is 11.7. The molecule has 0 heterocycles. The number of hydrogen-bond acceptors (Lipinski definition) is 3. The van der Waals surface area contributed by atoms with Crippen molar-refractivity contribution >= 4 is 11.8 Å². The molecule has 0 saturated heterocycles. The van der Waals surface area contributed by atoms with Crippen LogP contribution >= 0.6 is 0 Å². The van der Waals surface area contributed by atoms with E-state index in [9.17, 15) is 9.59 Å². The van der Waals surface area contributed by atoms with E-state index in [0.717, 1.165) is 12.8 Å². The van der Waals surface area contributed by atoms with Gasteiger partial charge >= 0.3 is 5.97 Å². The summed E-state index contributed by atoms with van der Waals surface area (Å²) in [5, 5.41) is 8.70. The van der Waals surface area contributed by atoms with Crippen LogP contribution in [-0.4, -0.2) is 22.9 Å². The zero-order valence-corrected chi connectivity index (χ0v) is 12.4. The minimum absolute atomic E-state index is 0.0543. The zero-order chi connectivity index (χ0) is 14.7. The van der Waals surface area contributed by atoms with Crippen molar-refractivity contribution in [2.24, 2.45) is 11.7 Å². The highest BCUT2D eigenvalue weighted by molar-refractivity contribution is 5.78. The highest BCUT2D eigenvalue weighted by atomic mass is 16.4. The Morgan fingerprint density at radius 2 is 1.68 bits per heavy atom. The minimum Gasteiger partial charge on any atom is -0.480 e. The van der Waals surface area contributed by atoms with Gasteiger partial charge in [-0.1, -0.05) is 46.0 Å². The van der Waals surface area contributed by atoms with Crippen LogP contribution in [0.25, 0.3) is 0 Å². The average Bonchev–Trinajstić information content (AvgIpc) is 2.33. The van der Waals surface area contributed by atoms with Crippen LogP contribution in [0.5, 0.6) is 0 Å². The van der Waals surface area contributed by atoms with Crippen molar-refractivity contribution < 1.29 is 14.7 Å². The van der Waals surface area contributed by atoms with Gasteiger partial charge in [0.2, 0.25) is 0 Å². The number of rotatable bonds is 12. The molecule has 1 unspecified atom stereocenters. The zero-order valence-electron chi connectivity index (χ0n) is 12.4. The number of nitrogens with two attached hydrogens (primary N) is 1. The molecule has 4 heteroatoms. The molecule has 0 aliphatic heterocycles. The number of Topliss-reactive ketones (excluding diaryl/α,β-unsaturated/α-hetero) is 1. The third kappa shape index (κ3) is 10.7. The van der Waals surface area contributed by atoms with Crippen molar-refractivity contribution in [2.75, 3.05) is 0 Å². The van der Waals surface area contributed by atoms with Crippen molar-refractivity contribution in [2.45, 2.75) is 77.7 Å². The first-order chi connectivity index (χ1) is 8.97. The number of unbranched alkanes of at least 4 members (excludes halogenated alkanes) is 5. The number of carbonyl (C=O) groups excluding carboxylic acids is 1. The van der Waals surface area contributed by atoms with Gasteiger partial charge in [0.15, 0.2) is 0 Å². The molecule has 0 aromatic rings. The maximum Gasteiger partial charge on any atom is 0.320 e. The van der Waals surface area contributed by atoms with Crippen LogP contribution in [-0.2, 0) is 9.59 Å². The predicted octanol–water partition coefficient (Wildman–Crippen LogP) is 3.13. The lowest BCUT2D eigenvalue weighted by Gasteiger charge is -2.13. The molecule has 0 aromatic carbocycles. The summed E-state index contributed by atoms with van der Waals surface area (Å²) in [5.74, 6) is -0.700. The summed E-state index contributed by atoms with van der Waals surface area (Å²) in [4.78, 5) is 22.3. The third-order valence-electron chi connectivity index (χ3n) is 3.36. The standard InChI is InChI=1S/C15H29NO3/c1-3-4-5-6-7-8-9-13(17)10-12(2)11-14(16)15(18)19/h12,14H,3-11,16H2,1-2H3,(H,18,19)/t12?,14-/m0/s1. The predicted molar refractivity (Wildman–Crippen MR) is 77.0 cm³/mol. The minimum atomic E-state index is -0.991. The molecular formula is C15H29NO3. The SMILES string of the molecule is CCCCCCCCC(=O)CC(C)C[C@H](N)C(=O)O. The summed E-state index contributed by atoms with van der Waals surface area (Å²) < 4.78 is 0. The van der Waals surface area contributed by atoms with Gasteiger partial charge in [-0.3, -0.25) is 9.59 Å². The summed E-state index contributed by atoms with van der Waals surface area (Å²) in [6.45, 7) is 4.08. The van der Waals surface area contributed by atoms with E-state index in [1.54, 1.807) is 0 Å². The Morgan fingerprint density at radius 3 is 2.26 bits per heavy atom. The van der Waals surface area contributed by atoms with Gasteiger partial charge in [0.25, 0.3) is 0 Å². The Labute approximate surface area is 116 Å². The molecule has 112 valence electrons. The molecule has 2 atom stereocenters. The van der Waals surface area contributed by atoms with Crippen LogP contribution in [0.3, 0.4) is 0 Å². The molecule has 0 rings (SSSR count). The topological polar surface area (TPSA) is 80.4 Å². The molecule has 0 fully saturated rings. The second-order valence-electron chi connectivity index (χ2n) is 5.55. The van der Waals surface area contributed by atoms with E-state index < -0.39 is 12.0 Å². The monoisotopic (exact) mass is 271 g/mol. The summed E-state index contributed by atoms with van der Waals surface area (Å²) in [5.41, 5.74) is 5.45. The molecule has 0 aliphatic rings. The molecule has 0 aliphatic carbocycles. The number of ketones is 1. The second-order valence-corrected chi connectivity index (χ2v) is 5.55. The molecule has 0 radical (unpaired) electrons. The Hall–Kier alpha value is -0.900. The molecule has 19 heavy (non-hydrogen) atoms. The van der Waals surface area contributed by atoms with E-state index >= 15 is 0 Å². The Balaban J connectivity index is 3.59. The van der Waals surface area contributed by atoms with Crippen LogP contribution in [0.4, 0.5) is 0 Å². The van der Waals surface area contributed by atoms with Crippen molar-refractivity contribution in [3.05, 3.63) is 0 Å². The fourth-order valence-corrected chi connectivity index (χ4v) is 2.21. The summed E-state index contributed by atoms with van der Waals surface area (Å²) in [7, 11) is 0. The fraction of sp³-hybridized carbons (Fsp3) is 0.867. The van der Waals surface area contributed by atoms with Gasteiger partial charge in [0.1, 0.15) is 11.8 Å². The van der Waals surface area contributed by atoms with E-state index in [4.69, 9.17) is 10.8 Å². The third-order valence-corrected chi connectivity index (χ3v) is 3.36. The van der Waals surface area contributed by atoms with Crippen molar-refractivity contribution in [1.82, 2.24) is 0 Å². The van der Waals surface area contributed by atoms with E-state index in [1.807, 2.05) is 6.92 Å². The van der Waals surface area contributed by atoms with Gasteiger partial charge in [-0.15, -0.1) is 0 Å². The molecule has 0 bridgehead atoms. The number of carbonyl (C=O) groups is 2. The summed E-state index contributed by atoms with van der Waals surface area (Å²) in [6.07, 6.45) is 8.51. The number of carboxylic acid groups (broad SMARTS) is 1. The highest BCUT2D eigenvalue weighted by Gasteiger charge is 2.17. The van der Waals surface area contributed by atoms with Crippen molar-refractivity contribution in [3.63, 3.8) is 0 Å². The first kappa shape index (κ1) is 18.1. The van der Waals surface area contributed by atoms with Crippen LogP contribution in [0, 0.1) is 5.92 Å². The Morgan fingerprint density at radius 1 is 1.11 bits per heavy atom. The first-order valence-electron chi connectivity index (χ1n) is 7.47. The average molecular weight is 271 g/mol. The van der Waals surface area contributed by atoms with Crippen LogP contribution in [0.2, 0.25) is 0 Å². The van der Waals surface area contributed by atoms with Gasteiger partial charge in [0.05, 0.1) is 0 Å². The Kier molecular flexibility index (Phi) is 10.5.